The summed E-state index contributed by atoms with van der Waals surface area (Å²) in [6, 6.07) is 8.31. The molecule has 0 aliphatic carbocycles. The molecule has 0 amide bonds. The molecule has 0 aliphatic heterocycles. The number of para-hydroxylation sites is 1. The predicted octanol–water partition coefficient (Wildman–Crippen LogP) is 2.44. The van der Waals surface area contributed by atoms with Crippen LogP contribution in [0.2, 0.25) is 0 Å². The van der Waals surface area contributed by atoms with E-state index in [1.54, 1.807) is 25.6 Å². The second-order valence-electron chi connectivity index (χ2n) is 4.28. The Morgan fingerprint density at radius 3 is 2.63 bits per heavy atom. The van der Waals surface area contributed by atoms with Gasteiger partial charge in [0.2, 0.25) is 0 Å². The number of ether oxygens (including phenoxy) is 2. The van der Waals surface area contributed by atoms with Crippen LogP contribution in [-0.2, 0) is 15.9 Å². The highest BCUT2D eigenvalue weighted by atomic mass is 32.1. The molecule has 1 atom stereocenters. The summed E-state index contributed by atoms with van der Waals surface area (Å²) < 4.78 is 11.9. The number of rotatable bonds is 7. The summed E-state index contributed by atoms with van der Waals surface area (Å²) in [5, 5.41) is 4.50. The van der Waals surface area contributed by atoms with Crippen molar-refractivity contribution in [3.05, 3.63) is 29.3 Å². The first kappa shape index (κ1) is 14.4. The Labute approximate surface area is 117 Å². The van der Waals surface area contributed by atoms with E-state index in [0.717, 1.165) is 23.5 Å². The van der Waals surface area contributed by atoms with Crippen molar-refractivity contribution < 1.29 is 9.47 Å². The lowest BCUT2D eigenvalue weighted by Crippen LogP contribution is -2.43. The van der Waals surface area contributed by atoms with E-state index in [9.17, 15) is 0 Å². The lowest BCUT2D eigenvalue weighted by molar-refractivity contribution is -0.122. The molecule has 0 spiro atoms. The van der Waals surface area contributed by atoms with Crippen LogP contribution in [0.3, 0.4) is 0 Å². The molecule has 2 rings (SSSR count). The summed E-state index contributed by atoms with van der Waals surface area (Å²) in [5.41, 5.74) is 1.06. The summed E-state index contributed by atoms with van der Waals surface area (Å²) >= 11 is 1.73. The van der Waals surface area contributed by atoms with Crippen LogP contribution in [-0.4, -0.2) is 38.1 Å². The number of hydrogen-bond acceptors (Lipinski definition) is 5. The number of nitrogens with zero attached hydrogens (tertiary/aromatic N) is 1. The maximum absolute atomic E-state index is 5.35. The maximum Gasteiger partial charge on any atom is 0.172 e. The van der Waals surface area contributed by atoms with Crippen molar-refractivity contribution in [2.75, 3.05) is 20.8 Å². The summed E-state index contributed by atoms with van der Waals surface area (Å²) in [6.07, 6.45) is 0.548. The second kappa shape index (κ2) is 6.96. The maximum atomic E-state index is 5.35. The third-order valence-electron chi connectivity index (χ3n) is 2.99. The number of aromatic nitrogens is 1. The van der Waals surface area contributed by atoms with Gasteiger partial charge >= 0.3 is 0 Å². The smallest absolute Gasteiger partial charge is 0.172 e. The van der Waals surface area contributed by atoms with E-state index in [1.807, 2.05) is 18.2 Å². The van der Waals surface area contributed by atoms with Gasteiger partial charge in [0.25, 0.3) is 0 Å². The molecule has 2 aromatic rings. The van der Waals surface area contributed by atoms with E-state index in [-0.39, 0.29) is 12.3 Å². The van der Waals surface area contributed by atoms with E-state index in [4.69, 9.17) is 9.47 Å². The van der Waals surface area contributed by atoms with Crippen LogP contribution in [0.1, 0.15) is 11.9 Å². The first-order valence-corrected chi connectivity index (χ1v) is 7.23. The van der Waals surface area contributed by atoms with Gasteiger partial charge in [0, 0.05) is 20.6 Å². The number of fused-ring (bicyclic) bond motifs is 1. The Bertz CT molecular complexity index is 478. The number of methoxy groups -OCH3 is 2. The highest BCUT2D eigenvalue weighted by Gasteiger charge is 2.21. The zero-order valence-electron chi connectivity index (χ0n) is 11.6. The first-order chi connectivity index (χ1) is 9.28. The van der Waals surface area contributed by atoms with Crippen molar-refractivity contribution in [2.45, 2.75) is 25.7 Å². The van der Waals surface area contributed by atoms with E-state index < -0.39 is 0 Å². The molecule has 1 aromatic carbocycles. The Kier molecular flexibility index (Phi) is 5.27. The average Bonchev–Trinajstić information content (AvgIpc) is 2.82. The van der Waals surface area contributed by atoms with Crippen molar-refractivity contribution >= 4 is 21.6 Å². The van der Waals surface area contributed by atoms with Gasteiger partial charge in [-0.3, -0.25) is 0 Å². The van der Waals surface area contributed by atoms with Gasteiger partial charge < -0.3 is 14.8 Å². The van der Waals surface area contributed by atoms with Gasteiger partial charge in [-0.1, -0.05) is 19.1 Å². The molecule has 1 heterocycles. The number of hydrogen-bond donors (Lipinski definition) is 1. The summed E-state index contributed by atoms with van der Waals surface area (Å²) in [5.74, 6) is 0. The monoisotopic (exact) mass is 280 g/mol. The molecule has 1 unspecified atom stereocenters. The minimum absolute atomic E-state index is 0.112. The first-order valence-electron chi connectivity index (χ1n) is 6.42. The van der Waals surface area contributed by atoms with Gasteiger partial charge in [-0.2, -0.15) is 0 Å². The largest absolute Gasteiger partial charge is 0.354 e. The van der Waals surface area contributed by atoms with Crippen molar-refractivity contribution in [3.63, 3.8) is 0 Å². The molecule has 19 heavy (non-hydrogen) atoms. The van der Waals surface area contributed by atoms with Crippen molar-refractivity contribution in [1.29, 1.82) is 0 Å². The van der Waals surface area contributed by atoms with E-state index in [1.165, 1.54) is 4.70 Å². The van der Waals surface area contributed by atoms with Crippen molar-refractivity contribution in [2.24, 2.45) is 0 Å². The van der Waals surface area contributed by atoms with Crippen LogP contribution in [0.25, 0.3) is 10.2 Å². The number of nitrogens with one attached hydrogen (secondary N) is 1. The summed E-state index contributed by atoms with van der Waals surface area (Å²) in [6.45, 7) is 2.95. The highest BCUT2D eigenvalue weighted by Crippen LogP contribution is 2.23. The lowest BCUT2D eigenvalue weighted by Gasteiger charge is -2.24. The van der Waals surface area contributed by atoms with Gasteiger partial charge in [0.1, 0.15) is 0 Å². The molecular formula is C14H20N2O2S. The molecule has 0 radical (unpaired) electrons. The Balaban J connectivity index is 2.15. The fraction of sp³-hybridized carbons (Fsp3) is 0.500. The van der Waals surface area contributed by atoms with E-state index in [2.05, 4.69) is 23.3 Å². The normalized spacial score (nSPS) is 13.3. The quantitative estimate of drug-likeness (QED) is 0.791. The zero-order valence-corrected chi connectivity index (χ0v) is 12.4. The summed E-state index contributed by atoms with van der Waals surface area (Å²) in [4.78, 5) is 4.65. The molecule has 0 bridgehead atoms. The summed E-state index contributed by atoms with van der Waals surface area (Å²) in [7, 11) is 3.33. The highest BCUT2D eigenvalue weighted by molar-refractivity contribution is 7.18. The molecule has 0 saturated heterocycles. The molecule has 4 nitrogen and oxygen atoms in total. The van der Waals surface area contributed by atoms with Crippen LogP contribution in [0, 0.1) is 0 Å². The Morgan fingerprint density at radius 2 is 2.00 bits per heavy atom. The number of likely N-dealkylation sites (N-methyl/N-ethyl adjacent to an activating group) is 1. The minimum atomic E-state index is -0.257. The van der Waals surface area contributed by atoms with E-state index in [0.29, 0.717) is 0 Å². The van der Waals surface area contributed by atoms with Crippen LogP contribution in [0.4, 0.5) is 0 Å². The lowest BCUT2D eigenvalue weighted by atomic mass is 10.2. The SMILES string of the molecule is CCNC(Cc1nc2ccccc2s1)C(OC)OC. The standard InChI is InChI=1S/C14H20N2O2S/c1-4-15-11(14(17-2)18-3)9-13-16-10-7-5-6-8-12(10)19-13/h5-8,11,14-15H,4,9H2,1-3H3. The van der Waals surface area contributed by atoms with Crippen LogP contribution in [0.5, 0.6) is 0 Å². The molecule has 0 saturated carbocycles. The molecular weight excluding hydrogens is 260 g/mol. The fourth-order valence-corrected chi connectivity index (χ4v) is 3.17. The van der Waals surface area contributed by atoms with Crippen LogP contribution in [0.15, 0.2) is 24.3 Å². The fourth-order valence-electron chi connectivity index (χ4n) is 2.15. The number of benzene rings is 1. The minimum Gasteiger partial charge on any atom is -0.354 e. The Morgan fingerprint density at radius 1 is 1.26 bits per heavy atom. The topological polar surface area (TPSA) is 43.4 Å². The van der Waals surface area contributed by atoms with Gasteiger partial charge in [-0.25, -0.2) is 4.98 Å². The molecule has 0 aliphatic rings. The predicted molar refractivity (Wildman–Crippen MR) is 78.6 cm³/mol. The second-order valence-corrected chi connectivity index (χ2v) is 5.40. The van der Waals surface area contributed by atoms with E-state index >= 15 is 0 Å². The molecule has 1 N–H and O–H groups in total. The van der Waals surface area contributed by atoms with Gasteiger partial charge in [0.05, 0.1) is 21.3 Å². The van der Waals surface area contributed by atoms with Gasteiger partial charge in [0.15, 0.2) is 6.29 Å². The van der Waals surface area contributed by atoms with Crippen molar-refractivity contribution in [1.82, 2.24) is 10.3 Å². The number of thiazole rings is 1. The molecule has 0 fully saturated rings. The van der Waals surface area contributed by atoms with Gasteiger partial charge in [-0.15, -0.1) is 11.3 Å². The third-order valence-corrected chi connectivity index (χ3v) is 4.05. The zero-order chi connectivity index (χ0) is 13.7. The molecule has 5 heteroatoms. The molecule has 104 valence electrons. The third kappa shape index (κ3) is 3.51. The molecule has 1 aromatic heterocycles. The van der Waals surface area contributed by atoms with Crippen LogP contribution >= 0.6 is 11.3 Å². The Hall–Kier alpha value is -1.01. The van der Waals surface area contributed by atoms with Crippen LogP contribution < -0.4 is 5.32 Å². The van der Waals surface area contributed by atoms with Crippen molar-refractivity contribution in [3.8, 4) is 0 Å². The average molecular weight is 280 g/mol. The van der Waals surface area contributed by atoms with Gasteiger partial charge in [-0.05, 0) is 18.7 Å².